The Labute approximate surface area is 108 Å². The maximum Gasteiger partial charge on any atom is 0.315 e. The molecule has 3 rings (SSSR count). The second-order valence-electron chi connectivity index (χ2n) is 4.17. The standard InChI is InChI=1S/C11H12N6O2/c18-10(7-5-13-11(19)14-7)12-6-9-16-15-8-3-1-2-4-17(8)9/h1-4,7H,5-6H2,(H,12,18)(H2,13,14,19)/t7-/m0/s1. The van der Waals surface area contributed by atoms with Crippen LogP contribution in [-0.4, -0.2) is 39.1 Å². The molecule has 0 unspecified atom stereocenters. The Morgan fingerprint density at radius 1 is 1.47 bits per heavy atom. The fourth-order valence-corrected chi connectivity index (χ4v) is 1.91. The van der Waals surface area contributed by atoms with E-state index < -0.39 is 6.04 Å². The van der Waals surface area contributed by atoms with Crippen LogP contribution in [0.1, 0.15) is 5.82 Å². The summed E-state index contributed by atoms with van der Waals surface area (Å²) >= 11 is 0. The van der Waals surface area contributed by atoms with Crippen molar-refractivity contribution in [3.8, 4) is 0 Å². The number of amides is 3. The van der Waals surface area contributed by atoms with Crippen molar-refractivity contribution < 1.29 is 9.59 Å². The fourth-order valence-electron chi connectivity index (χ4n) is 1.91. The van der Waals surface area contributed by atoms with Gasteiger partial charge in [-0.25, -0.2) is 4.79 Å². The molecular formula is C11H12N6O2. The van der Waals surface area contributed by atoms with E-state index in [1.807, 2.05) is 24.4 Å². The number of urea groups is 1. The molecule has 0 saturated carbocycles. The van der Waals surface area contributed by atoms with Gasteiger partial charge in [0.15, 0.2) is 11.5 Å². The van der Waals surface area contributed by atoms with Crippen LogP contribution in [0.3, 0.4) is 0 Å². The van der Waals surface area contributed by atoms with Crippen molar-refractivity contribution in [1.29, 1.82) is 0 Å². The molecule has 1 saturated heterocycles. The summed E-state index contributed by atoms with van der Waals surface area (Å²) in [5.41, 5.74) is 0.725. The summed E-state index contributed by atoms with van der Waals surface area (Å²) in [6.45, 7) is 0.557. The molecule has 1 atom stereocenters. The number of nitrogens with one attached hydrogen (secondary N) is 3. The molecule has 0 bridgehead atoms. The molecule has 0 aromatic carbocycles. The first-order valence-corrected chi connectivity index (χ1v) is 5.85. The van der Waals surface area contributed by atoms with E-state index in [-0.39, 0.29) is 18.5 Å². The number of pyridine rings is 1. The van der Waals surface area contributed by atoms with Crippen LogP contribution in [0.4, 0.5) is 4.79 Å². The molecular weight excluding hydrogens is 248 g/mol. The van der Waals surface area contributed by atoms with Crippen molar-refractivity contribution in [2.45, 2.75) is 12.6 Å². The highest BCUT2D eigenvalue weighted by Crippen LogP contribution is 2.02. The molecule has 3 N–H and O–H groups in total. The first-order chi connectivity index (χ1) is 9.24. The minimum Gasteiger partial charge on any atom is -0.347 e. The maximum atomic E-state index is 11.8. The van der Waals surface area contributed by atoms with Crippen LogP contribution in [-0.2, 0) is 11.3 Å². The summed E-state index contributed by atoms with van der Waals surface area (Å²) in [5, 5.41) is 15.8. The van der Waals surface area contributed by atoms with Gasteiger partial charge < -0.3 is 16.0 Å². The summed E-state index contributed by atoms with van der Waals surface area (Å²) in [6.07, 6.45) is 1.83. The molecule has 3 heterocycles. The van der Waals surface area contributed by atoms with Gasteiger partial charge in [-0.2, -0.15) is 0 Å². The van der Waals surface area contributed by atoms with E-state index in [9.17, 15) is 9.59 Å². The zero-order chi connectivity index (χ0) is 13.2. The fraction of sp³-hybridized carbons (Fsp3) is 0.273. The smallest absolute Gasteiger partial charge is 0.315 e. The first kappa shape index (κ1) is 11.5. The van der Waals surface area contributed by atoms with Gasteiger partial charge in [-0.05, 0) is 12.1 Å². The van der Waals surface area contributed by atoms with Gasteiger partial charge in [-0.3, -0.25) is 9.20 Å². The third kappa shape index (κ3) is 2.19. The number of fused-ring (bicyclic) bond motifs is 1. The molecule has 98 valence electrons. The van der Waals surface area contributed by atoms with Crippen LogP contribution in [0.2, 0.25) is 0 Å². The Balaban J connectivity index is 1.66. The van der Waals surface area contributed by atoms with Crippen LogP contribution >= 0.6 is 0 Å². The van der Waals surface area contributed by atoms with Gasteiger partial charge in [0.25, 0.3) is 0 Å². The SMILES string of the molecule is O=C1NC[C@@H](C(=O)NCc2nnc3ccccn23)N1. The van der Waals surface area contributed by atoms with Crippen LogP contribution in [0.15, 0.2) is 24.4 Å². The first-order valence-electron chi connectivity index (χ1n) is 5.85. The van der Waals surface area contributed by atoms with E-state index >= 15 is 0 Å². The average molecular weight is 260 g/mol. The van der Waals surface area contributed by atoms with Gasteiger partial charge in [-0.1, -0.05) is 6.07 Å². The van der Waals surface area contributed by atoms with Gasteiger partial charge in [0.2, 0.25) is 5.91 Å². The molecule has 3 amide bonds. The van der Waals surface area contributed by atoms with Gasteiger partial charge in [-0.15, -0.1) is 10.2 Å². The summed E-state index contributed by atoms with van der Waals surface area (Å²) < 4.78 is 1.80. The Bertz CT molecular complexity index is 637. The van der Waals surface area contributed by atoms with E-state index in [0.29, 0.717) is 12.4 Å². The van der Waals surface area contributed by atoms with Crippen molar-refractivity contribution >= 4 is 17.6 Å². The molecule has 2 aromatic heterocycles. The molecule has 8 nitrogen and oxygen atoms in total. The second-order valence-corrected chi connectivity index (χ2v) is 4.17. The predicted molar refractivity (Wildman–Crippen MR) is 65.2 cm³/mol. The van der Waals surface area contributed by atoms with Gasteiger partial charge >= 0.3 is 6.03 Å². The van der Waals surface area contributed by atoms with Gasteiger partial charge in [0.05, 0.1) is 6.54 Å². The molecule has 0 spiro atoms. The third-order valence-corrected chi connectivity index (χ3v) is 2.89. The molecule has 2 aromatic rings. The van der Waals surface area contributed by atoms with E-state index in [1.54, 1.807) is 4.40 Å². The Kier molecular flexibility index (Phi) is 2.75. The van der Waals surface area contributed by atoms with Crippen molar-refractivity contribution in [2.75, 3.05) is 6.54 Å². The lowest BCUT2D eigenvalue weighted by molar-refractivity contribution is -0.122. The van der Waals surface area contributed by atoms with Crippen molar-refractivity contribution in [1.82, 2.24) is 30.5 Å². The Morgan fingerprint density at radius 2 is 2.37 bits per heavy atom. The largest absolute Gasteiger partial charge is 0.347 e. The average Bonchev–Trinajstić information content (AvgIpc) is 3.02. The lowest BCUT2D eigenvalue weighted by Gasteiger charge is -2.08. The summed E-state index contributed by atoms with van der Waals surface area (Å²) in [5.74, 6) is 0.396. The highest BCUT2D eigenvalue weighted by Gasteiger charge is 2.26. The normalized spacial score (nSPS) is 18.1. The molecule has 1 aliphatic rings. The van der Waals surface area contributed by atoms with Gasteiger partial charge in [0, 0.05) is 12.7 Å². The van der Waals surface area contributed by atoms with E-state index in [0.717, 1.165) is 5.65 Å². The predicted octanol–water partition coefficient (Wildman–Crippen LogP) is -0.973. The summed E-state index contributed by atoms with van der Waals surface area (Å²) in [6, 6.07) is 4.70. The number of carbonyl (C=O) groups excluding carboxylic acids is 2. The van der Waals surface area contributed by atoms with Crippen molar-refractivity contribution in [2.24, 2.45) is 0 Å². The number of hydrogen-bond donors (Lipinski definition) is 3. The van der Waals surface area contributed by atoms with Crippen molar-refractivity contribution in [3.63, 3.8) is 0 Å². The van der Waals surface area contributed by atoms with Crippen molar-refractivity contribution in [3.05, 3.63) is 30.2 Å². The zero-order valence-electron chi connectivity index (χ0n) is 9.96. The topological polar surface area (TPSA) is 100 Å². The van der Waals surface area contributed by atoms with Crippen LogP contribution in [0.5, 0.6) is 0 Å². The van der Waals surface area contributed by atoms with Crippen LogP contribution in [0.25, 0.3) is 5.65 Å². The maximum absolute atomic E-state index is 11.8. The lowest BCUT2D eigenvalue weighted by atomic mass is 10.3. The number of rotatable bonds is 3. The molecule has 8 heteroatoms. The monoisotopic (exact) mass is 260 g/mol. The third-order valence-electron chi connectivity index (χ3n) is 2.89. The highest BCUT2D eigenvalue weighted by atomic mass is 16.2. The molecule has 0 radical (unpaired) electrons. The van der Waals surface area contributed by atoms with E-state index in [1.165, 1.54) is 0 Å². The Morgan fingerprint density at radius 3 is 3.16 bits per heavy atom. The molecule has 1 fully saturated rings. The number of nitrogens with zero attached hydrogens (tertiary/aromatic N) is 3. The quantitative estimate of drug-likeness (QED) is 0.660. The molecule has 19 heavy (non-hydrogen) atoms. The highest BCUT2D eigenvalue weighted by molar-refractivity contribution is 5.90. The number of carbonyl (C=O) groups is 2. The summed E-state index contributed by atoms with van der Waals surface area (Å²) in [7, 11) is 0. The summed E-state index contributed by atoms with van der Waals surface area (Å²) in [4.78, 5) is 22.7. The zero-order valence-corrected chi connectivity index (χ0v) is 9.96. The number of aromatic nitrogens is 3. The van der Waals surface area contributed by atoms with E-state index in [4.69, 9.17) is 0 Å². The Hall–Kier alpha value is -2.64. The minimum absolute atomic E-state index is 0.244. The molecule has 1 aliphatic heterocycles. The number of hydrogen-bond acceptors (Lipinski definition) is 4. The lowest BCUT2D eigenvalue weighted by Crippen LogP contribution is -2.42. The van der Waals surface area contributed by atoms with Crippen LogP contribution in [0, 0.1) is 0 Å². The minimum atomic E-state index is -0.535. The van der Waals surface area contributed by atoms with E-state index in [2.05, 4.69) is 26.1 Å². The van der Waals surface area contributed by atoms with Gasteiger partial charge in [0.1, 0.15) is 6.04 Å². The van der Waals surface area contributed by atoms with Crippen LogP contribution < -0.4 is 16.0 Å². The second kappa shape index (κ2) is 4.56. The molecule has 0 aliphatic carbocycles.